The van der Waals surface area contributed by atoms with Crippen LogP contribution in [-0.2, 0) is 13.2 Å². The Labute approximate surface area is 203 Å². The number of thiazole rings is 1. The highest BCUT2D eigenvalue weighted by atomic mass is 79.9. The van der Waals surface area contributed by atoms with Crippen LogP contribution >= 0.6 is 38.9 Å². The van der Waals surface area contributed by atoms with E-state index in [9.17, 15) is 0 Å². The van der Waals surface area contributed by atoms with Crippen LogP contribution in [0.1, 0.15) is 11.1 Å². The van der Waals surface area contributed by atoms with Crippen LogP contribution in [0.4, 0.5) is 5.13 Å². The minimum atomic E-state index is 0.418. The van der Waals surface area contributed by atoms with Crippen molar-refractivity contribution in [2.45, 2.75) is 13.2 Å². The van der Waals surface area contributed by atoms with Crippen molar-refractivity contribution in [2.75, 3.05) is 7.11 Å². The predicted molar refractivity (Wildman–Crippen MR) is 132 cm³/mol. The van der Waals surface area contributed by atoms with Crippen molar-refractivity contribution in [3.05, 3.63) is 92.7 Å². The molecule has 5 nitrogen and oxygen atoms in total. The Kier molecular flexibility index (Phi) is 7.52. The zero-order valence-corrected chi connectivity index (χ0v) is 20.3. The van der Waals surface area contributed by atoms with E-state index in [2.05, 4.69) is 31.1 Å². The molecule has 0 fully saturated rings. The highest BCUT2D eigenvalue weighted by Crippen LogP contribution is 2.30. The Morgan fingerprint density at radius 3 is 2.47 bits per heavy atom. The lowest BCUT2D eigenvalue weighted by molar-refractivity contribution is 0.284. The van der Waals surface area contributed by atoms with Crippen molar-refractivity contribution < 1.29 is 9.47 Å². The number of benzene rings is 3. The van der Waals surface area contributed by atoms with Crippen molar-refractivity contribution in [1.29, 1.82) is 0 Å². The molecule has 0 aliphatic carbocycles. The number of hydrogen-bond donors (Lipinski definition) is 0. The summed E-state index contributed by atoms with van der Waals surface area (Å²) in [5.74, 6) is 1.32. The number of hydrogen-bond acceptors (Lipinski definition) is 6. The van der Waals surface area contributed by atoms with Gasteiger partial charge >= 0.3 is 0 Å². The average Bonchev–Trinajstić information content (AvgIpc) is 3.28. The molecule has 0 atom stereocenters. The lowest BCUT2D eigenvalue weighted by Gasteiger charge is -2.11. The topological polar surface area (TPSA) is 56.1 Å². The second kappa shape index (κ2) is 10.7. The van der Waals surface area contributed by atoms with E-state index >= 15 is 0 Å². The lowest BCUT2D eigenvalue weighted by Crippen LogP contribution is -1.98. The van der Waals surface area contributed by atoms with Gasteiger partial charge in [-0.1, -0.05) is 57.9 Å². The SMILES string of the molecule is COc1cc(CN=Nc2nc(-c3ccc(Br)cc3)cs2)ccc1OCc1ccc(Cl)cc1. The molecule has 32 heavy (non-hydrogen) atoms. The third kappa shape index (κ3) is 5.94. The third-order valence-corrected chi connectivity index (χ3v) is 6.08. The summed E-state index contributed by atoms with van der Waals surface area (Å²) in [5, 5.41) is 11.9. The quantitative estimate of drug-likeness (QED) is 0.217. The van der Waals surface area contributed by atoms with Gasteiger partial charge in [0.1, 0.15) is 6.61 Å². The molecule has 0 amide bonds. The molecular weight excluding hydrogens is 510 g/mol. The summed E-state index contributed by atoms with van der Waals surface area (Å²) in [5.41, 5.74) is 3.93. The summed E-state index contributed by atoms with van der Waals surface area (Å²) in [4.78, 5) is 4.54. The summed E-state index contributed by atoms with van der Waals surface area (Å²) in [6, 6.07) is 21.3. The first-order valence-electron chi connectivity index (χ1n) is 9.74. The van der Waals surface area contributed by atoms with E-state index in [1.54, 1.807) is 7.11 Å². The normalized spacial score (nSPS) is 11.1. The number of methoxy groups -OCH3 is 1. The molecule has 0 N–H and O–H groups in total. The lowest BCUT2D eigenvalue weighted by atomic mass is 10.2. The van der Waals surface area contributed by atoms with E-state index in [0.717, 1.165) is 26.9 Å². The first-order valence-corrected chi connectivity index (χ1v) is 11.8. The zero-order valence-electron chi connectivity index (χ0n) is 17.2. The summed E-state index contributed by atoms with van der Waals surface area (Å²) in [6.45, 7) is 0.846. The fraction of sp³-hybridized carbons (Fsp3) is 0.125. The highest BCUT2D eigenvalue weighted by Gasteiger charge is 2.07. The molecule has 0 radical (unpaired) electrons. The Morgan fingerprint density at radius 2 is 1.72 bits per heavy atom. The van der Waals surface area contributed by atoms with Crippen molar-refractivity contribution in [1.82, 2.24) is 4.98 Å². The van der Waals surface area contributed by atoms with Crippen LogP contribution in [0.2, 0.25) is 5.02 Å². The number of halogens is 2. The van der Waals surface area contributed by atoms with Crippen molar-refractivity contribution >= 4 is 44.0 Å². The molecule has 162 valence electrons. The molecule has 1 aromatic heterocycles. The standard InChI is InChI=1S/C24H19BrClN3O2S/c1-30-23-12-17(4-11-22(23)31-14-16-2-9-20(26)10-3-16)13-27-29-24-28-21(15-32-24)18-5-7-19(25)8-6-18/h2-12,15H,13-14H2,1H3. The Balaban J connectivity index is 1.37. The van der Waals surface area contributed by atoms with Gasteiger partial charge in [-0.2, -0.15) is 5.11 Å². The van der Waals surface area contributed by atoms with Gasteiger partial charge in [-0.25, -0.2) is 4.98 Å². The maximum atomic E-state index is 5.93. The first kappa shape index (κ1) is 22.5. The molecule has 0 spiro atoms. The highest BCUT2D eigenvalue weighted by molar-refractivity contribution is 9.10. The second-order valence-electron chi connectivity index (χ2n) is 6.82. The van der Waals surface area contributed by atoms with Crippen molar-refractivity contribution in [2.24, 2.45) is 10.2 Å². The van der Waals surface area contributed by atoms with Crippen LogP contribution in [0.25, 0.3) is 11.3 Å². The van der Waals surface area contributed by atoms with Crippen LogP contribution in [0.5, 0.6) is 11.5 Å². The van der Waals surface area contributed by atoms with E-state index in [-0.39, 0.29) is 0 Å². The number of ether oxygens (including phenoxy) is 2. The Morgan fingerprint density at radius 1 is 0.969 bits per heavy atom. The van der Waals surface area contributed by atoms with Gasteiger partial charge in [0.15, 0.2) is 11.5 Å². The molecule has 8 heteroatoms. The van der Waals surface area contributed by atoms with Gasteiger partial charge in [0.2, 0.25) is 5.13 Å². The van der Waals surface area contributed by atoms with Gasteiger partial charge in [0, 0.05) is 20.4 Å². The van der Waals surface area contributed by atoms with E-state index in [0.29, 0.717) is 34.8 Å². The Bertz CT molecular complexity index is 1210. The molecule has 0 saturated heterocycles. The maximum absolute atomic E-state index is 5.93. The van der Waals surface area contributed by atoms with E-state index in [4.69, 9.17) is 21.1 Å². The average molecular weight is 529 g/mol. The van der Waals surface area contributed by atoms with Gasteiger partial charge in [0.05, 0.1) is 19.3 Å². The molecule has 0 unspecified atom stereocenters. The molecule has 0 saturated carbocycles. The maximum Gasteiger partial charge on any atom is 0.230 e. The van der Waals surface area contributed by atoms with Crippen LogP contribution in [0.3, 0.4) is 0 Å². The third-order valence-electron chi connectivity index (χ3n) is 4.58. The van der Waals surface area contributed by atoms with Crippen molar-refractivity contribution in [3.63, 3.8) is 0 Å². The number of rotatable bonds is 8. The van der Waals surface area contributed by atoms with Crippen LogP contribution in [-0.4, -0.2) is 12.1 Å². The van der Waals surface area contributed by atoms with Crippen molar-refractivity contribution in [3.8, 4) is 22.8 Å². The number of nitrogens with zero attached hydrogens (tertiary/aromatic N) is 3. The molecule has 3 aromatic carbocycles. The van der Waals surface area contributed by atoms with Crippen LogP contribution in [0, 0.1) is 0 Å². The van der Waals surface area contributed by atoms with Gasteiger partial charge in [-0.05, 0) is 47.5 Å². The predicted octanol–water partition coefficient (Wildman–Crippen LogP) is 8.10. The molecule has 0 aliphatic heterocycles. The summed E-state index contributed by atoms with van der Waals surface area (Å²) >= 11 is 10.8. The molecule has 0 bridgehead atoms. The Hall–Kier alpha value is -2.74. The summed E-state index contributed by atoms with van der Waals surface area (Å²) in [7, 11) is 1.62. The fourth-order valence-corrected chi connectivity index (χ4v) is 3.96. The molecule has 4 aromatic rings. The monoisotopic (exact) mass is 527 g/mol. The molecule has 0 aliphatic rings. The molecular formula is C24H19BrClN3O2S. The fourth-order valence-electron chi connectivity index (χ4n) is 2.91. The van der Waals surface area contributed by atoms with E-state index in [1.807, 2.05) is 72.1 Å². The smallest absolute Gasteiger partial charge is 0.230 e. The van der Waals surface area contributed by atoms with Gasteiger partial charge < -0.3 is 9.47 Å². The first-order chi connectivity index (χ1) is 15.6. The minimum Gasteiger partial charge on any atom is -0.493 e. The second-order valence-corrected chi connectivity index (χ2v) is 9.01. The van der Waals surface area contributed by atoms with E-state index < -0.39 is 0 Å². The van der Waals surface area contributed by atoms with Gasteiger partial charge in [0.25, 0.3) is 0 Å². The van der Waals surface area contributed by atoms with Gasteiger partial charge in [-0.3, -0.25) is 0 Å². The number of aromatic nitrogens is 1. The molecule has 4 rings (SSSR count). The largest absolute Gasteiger partial charge is 0.493 e. The summed E-state index contributed by atoms with van der Waals surface area (Å²) in [6.07, 6.45) is 0. The minimum absolute atomic E-state index is 0.418. The zero-order chi connectivity index (χ0) is 22.3. The summed E-state index contributed by atoms with van der Waals surface area (Å²) < 4.78 is 12.4. The van der Waals surface area contributed by atoms with Gasteiger partial charge in [-0.15, -0.1) is 16.5 Å². The number of azo groups is 1. The van der Waals surface area contributed by atoms with Crippen LogP contribution in [0.15, 0.2) is 86.8 Å². The van der Waals surface area contributed by atoms with E-state index in [1.165, 1.54) is 11.3 Å². The molecule has 1 heterocycles. The van der Waals surface area contributed by atoms with Crippen LogP contribution < -0.4 is 9.47 Å².